The van der Waals surface area contributed by atoms with Crippen molar-refractivity contribution in [3.05, 3.63) is 58.2 Å². The molecule has 1 nitrogen and oxygen atoms in total. The van der Waals surface area contributed by atoms with Gasteiger partial charge in [-0.1, -0.05) is 24.0 Å². The molecule has 3 aromatic rings. The molecule has 0 amide bonds. The van der Waals surface area contributed by atoms with E-state index in [2.05, 4.69) is 20.9 Å². The fourth-order valence-corrected chi connectivity index (χ4v) is 3.87. The highest BCUT2D eigenvalue weighted by molar-refractivity contribution is 9.10. The van der Waals surface area contributed by atoms with Gasteiger partial charge in [-0.3, -0.25) is 0 Å². The lowest BCUT2D eigenvalue weighted by atomic mass is 10.2. The van der Waals surface area contributed by atoms with Crippen molar-refractivity contribution in [2.45, 2.75) is 9.79 Å². The van der Waals surface area contributed by atoms with Gasteiger partial charge in [0.25, 0.3) is 0 Å². The Bertz CT molecular complexity index is 845. The number of fused-ring (bicyclic) bond motifs is 1. The summed E-state index contributed by atoms with van der Waals surface area (Å²) in [7, 11) is 0. The second-order valence-corrected chi connectivity index (χ2v) is 6.46. The number of benzene rings is 2. The Hall–Kier alpha value is -1.24. The molecule has 21 heavy (non-hydrogen) atoms. The topological polar surface area (TPSA) is 15.8 Å². The van der Waals surface area contributed by atoms with E-state index in [1.165, 1.54) is 29.3 Å². The molecule has 1 aromatic heterocycles. The van der Waals surface area contributed by atoms with Crippen LogP contribution in [0.5, 0.6) is 0 Å². The first-order chi connectivity index (χ1) is 10.1. The Labute approximate surface area is 137 Å². The molecule has 0 unspecified atom stereocenters. The smallest absolute Gasteiger partial charge is 0.140 e. The van der Waals surface area contributed by atoms with Gasteiger partial charge in [-0.15, -0.1) is 0 Å². The molecular formula is C15H8BrF2NS2. The zero-order valence-electron chi connectivity index (χ0n) is 10.5. The van der Waals surface area contributed by atoms with E-state index in [0.29, 0.717) is 14.9 Å². The van der Waals surface area contributed by atoms with Crippen molar-refractivity contribution in [3.63, 3.8) is 0 Å². The van der Waals surface area contributed by atoms with E-state index in [9.17, 15) is 8.78 Å². The van der Waals surface area contributed by atoms with E-state index in [4.69, 9.17) is 12.2 Å². The molecular weight excluding hydrogens is 376 g/mol. The molecule has 0 saturated carbocycles. The fourth-order valence-electron chi connectivity index (χ4n) is 2.00. The summed E-state index contributed by atoms with van der Waals surface area (Å²) in [6, 6.07) is 7.87. The Morgan fingerprint density at radius 3 is 2.71 bits per heavy atom. The van der Waals surface area contributed by atoms with Gasteiger partial charge in [-0.25, -0.2) is 8.78 Å². The second-order valence-electron chi connectivity index (χ2n) is 4.34. The van der Waals surface area contributed by atoms with Crippen LogP contribution in [-0.2, 0) is 0 Å². The van der Waals surface area contributed by atoms with E-state index in [-0.39, 0.29) is 11.6 Å². The number of aromatic nitrogens is 1. The van der Waals surface area contributed by atoms with Gasteiger partial charge in [0.2, 0.25) is 0 Å². The first kappa shape index (κ1) is 14.7. The lowest BCUT2D eigenvalue weighted by Crippen LogP contribution is -1.89. The van der Waals surface area contributed by atoms with Crippen molar-refractivity contribution in [3.8, 4) is 0 Å². The summed E-state index contributed by atoms with van der Waals surface area (Å²) in [6.07, 6.45) is 1.76. The van der Waals surface area contributed by atoms with Gasteiger partial charge in [-0.05, 0) is 46.3 Å². The third kappa shape index (κ3) is 2.75. The Morgan fingerprint density at radius 2 is 1.95 bits per heavy atom. The molecule has 2 aromatic carbocycles. The maximum atomic E-state index is 14.2. The first-order valence-electron chi connectivity index (χ1n) is 5.98. The van der Waals surface area contributed by atoms with Crippen molar-refractivity contribution in [1.29, 1.82) is 0 Å². The third-order valence-corrected chi connectivity index (χ3v) is 5.45. The number of nitrogens with one attached hydrogen (secondary N) is 1. The summed E-state index contributed by atoms with van der Waals surface area (Å²) < 4.78 is 28.3. The molecule has 0 radical (unpaired) electrons. The van der Waals surface area contributed by atoms with Crippen LogP contribution in [0.4, 0.5) is 8.78 Å². The molecule has 0 bridgehead atoms. The van der Waals surface area contributed by atoms with Crippen molar-refractivity contribution in [2.24, 2.45) is 0 Å². The quantitative estimate of drug-likeness (QED) is 0.583. The number of aromatic amines is 1. The molecule has 0 fully saturated rings. The van der Waals surface area contributed by atoms with Crippen molar-refractivity contribution < 1.29 is 8.78 Å². The van der Waals surface area contributed by atoms with Crippen molar-refractivity contribution in [2.75, 3.05) is 0 Å². The monoisotopic (exact) mass is 383 g/mol. The Balaban J connectivity index is 2.07. The average Bonchev–Trinajstić information content (AvgIpc) is 2.93. The largest absolute Gasteiger partial charge is 0.361 e. The van der Waals surface area contributed by atoms with Crippen LogP contribution in [0.1, 0.15) is 5.56 Å². The minimum atomic E-state index is -0.380. The fraction of sp³-hybridized carbons (Fsp3) is 0. The first-order valence-corrected chi connectivity index (χ1v) is 8.06. The molecule has 0 spiro atoms. The van der Waals surface area contributed by atoms with Crippen LogP contribution in [0.25, 0.3) is 10.9 Å². The van der Waals surface area contributed by atoms with E-state index >= 15 is 0 Å². The molecule has 0 aliphatic carbocycles. The highest BCUT2D eigenvalue weighted by atomic mass is 79.9. The van der Waals surface area contributed by atoms with Gasteiger partial charge >= 0.3 is 0 Å². The van der Waals surface area contributed by atoms with Crippen LogP contribution >= 0.6 is 39.9 Å². The zero-order valence-corrected chi connectivity index (χ0v) is 13.7. The van der Waals surface area contributed by atoms with Crippen molar-refractivity contribution >= 4 is 56.2 Å². The number of H-pyrrole nitrogens is 1. The van der Waals surface area contributed by atoms with Crippen LogP contribution < -0.4 is 0 Å². The van der Waals surface area contributed by atoms with Gasteiger partial charge in [-0.2, -0.15) is 0 Å². The van der Waals surface area contributed by atoms with E-state index in [1.54, 1.807) is 18.3 Å². The van der Waals surface area contributed by atoms with E-state index < -0.39 is 0 Å². The average molecular weight is 384 g/mol. The SMILES string of the molecule is Fc1ccc(Sc2c(F)cc3[nH]ccc3c2Br)cc1C=S. The summed E-state index contributed by atoms with van der Waals surface area (Å²) in [6.45, 7) is 0. The molecule has 0 aliphatic heterocycles. The highest BCUT2D eigenvalue weighted by Gasteiger charge is 2.14. The van der Waals surface area contributed by atoms with Crippen LogP contribution in [0.15, 0.2) is 50.8 Å². The third-order valence-electron chi connectivity index (χ3n) is 3.02. The second kappa shape index (κ2) is 5.87. The lowest BCUT2D eigenvalue weighted by molar-refractivity contribution is 0.602. The van der Waals surface area contributed by atoms with Gasteiger partial charge in [0, 0.05) is 37.4 Å². The lowest BCUT2D eigenvalue weighted by Gasteiger charge is -2.08. The molecule has 0 aliphatic rings. The molecule has 3 rings (SSSR count). The van der Waals surface area contributed by atoms with Gasteiger partial charge < -0.3 is 4.98 Å². The Morgan fingerprint density at radius 1 is 1.14 bits per heavy atom. The molecule has 6 heteroatoms. The summed E-state index contributed by atoms with van der Waals surface area (Å²) in [5.74, 6) is -0.718. The predicted molar refractivity (Wildman–Crippen MR) is 89.2 cm³/mol. The zero-order chi connectivity index (χ0) is 15.0. The Kier molecular flexibility index (Phi) is 4.10. The summed E-state index contributed by atoms with van der Waals surface area (Å²) in [5, 5.41) is 2.18. The predicted octanol–water partition coefficient (Wildman–Crippen LogP) is 5.71. The molecule has 0 saturated heterocycles. The number of hydrogen-bond acceptors (Lipinski definition) is 2. The number of thiocarbonyl (C=S) groups is 1. The molecule has 106 valence electrons. The normalized spacial score (nSPS) is 11.0. The van der Waals surface area contributed by atoms with Gasteiger partial charge in [0.15, 0.2) is 0 Å². The summed E-state index contributed by atoms with van der Waals surface area (Å²) in [4.78, 5) is 4.16. The minimum Gasteiger partial charge on any atom is -0.361 e. The van der Waals surface area contributed by atoms with Gasteiger partial charge in [0.1, 0.15) is 11.6 Å². The van der Waals surface area contributed by atoms with Crippen LogP contribution in [0, 0.1) is 11.6 Å². The van der Waals surface area contributed by atoms with Crippen LogP contribution in [-0.4, -0.2) is 10.4 Å². The maximum Gasteiger partial charge on any atom is 0.140 e. The number of rotatable bonds is 3. The molecule has 0 atom stereocenters. The number of halogens is 3. The standard InChI is InChI=1S/C15H8BrF2NS2/c16-14-10-3-4-19-13(10)6-12(18)15(14)21-9-1-2-11(17)8(5-9)7-20/h1-7,19H. The van der Waals surface area contributed by atoms with Crippen LogP contribution in [0.2, 0.25) is 0 Å². The van der Waals surface area contributed by atoms with Crippen molar-refractivity contribution in [1.82, 2.24) is 4.98 Å². The molecule has 1 N–H and O–H groups in total. The van der Waals surface area contributed by atoms with Crippen LogP contribution in [0.3, 0.4) is 0 Å². The summed E-state index contributed by atoms with van der Waals surface area (Å²) >= 11 is 9.44. The summed E-state index contributed by atoms with van der Waals surface area (Å²) in [5.41, 5.74) is 1.05. The number of hydrogen-bond donors (Lipinski definition) is 1. The maximum absolute atomic E-state index is 14.2. The molecule has 1 heterocycles. The van der Waals surface area contributed by atoms with Gasteiger partial charge in [0.05, 0.1) is 4.90 Å². The highest BCUT2D eigenvalue weighted by Crippen LogP contribution is 2.40. The van der Waals surface area contributed by atoms with E-state index in [0.717, 1.165) is 15.8 Å². The van der Waals surface area contributed by atoms with E-state index in [1.807, 2.05) is 6.07 Å². The minimum absolute atomic E-state index is 0.328.